The van der Waals surface area contributed by atoms with Gasteiger partial charge in [0, 0.05) is 12.7 Å². The van der Waals surface area contributed by atoms with E-state index in [1.54, 1.807) is 12.1 Å². The third-order valence-corrected chi connectivity index (χ3v) is 3.12. The smallest absolute Gasteiger partial charge is 0.328 e. The lowest BCUT2D eigenvalue weighted by atomic mass is 10.1. The number of hydrogen-bond donors (Lipinski definition) is 2. The molecule has 0 spiro atoms. The summed E-state index contributed by atoms with van der Waals surface area (Å²) >= 11 is 0. The largest absolute Gasteiger partial charge is 0.387 e. The van der Waals surface area contributed by atoms with Crippen LogP contribution in [-0.4, -0.2) is 21.6 Å². The van der Waals surface area contributed by atoms with Crippen LogP contribution in [0.4, 0.5) is 11.5 Å². The summed E-state index contributed by atoms with van der Waals surface area (Å²) in [7, 11) is 0. The third-order valence-electron chi connectivity index (χ3n) is 3.12. The fourth-order valence-electron chi connectivity index (χ4n) is 2.05. The Morgan fingerprint density at radius 1 is 1.50 bits per heavy atom. The number of benzene rings is 1. The molecule has 0 aliphatic heterocycles. The maximum atomic E-state index is 11.1. The lowest BCUT2D eigenvalue weighted by molar-refractivity contribution is -0.384. The fourth-order valence-corrected chi connectivity index (χ4v) is 2.05. The number of aromatic nitrogens is 1. The van der Waals surface area contributed by atoms with Gasteiger partial charge in [-0.25, -0.2) is 4.98 Å². The summed E-state index contributed by atoms with van der Waals surface area (Å²) in [5, 5.41) is 32.9. The minimum atomic E-state index is -0.841. The number of hydrogen-bond acceptors (Lipinski definition) is 6. The number of nitro groups is 1. The van der Waals surface area contributed by atoms with Crippen molar-refractivity contribution in [2.24, 2.45) is 0 Å². The van der Waals surface area contributed by atoms with Gasteiger partial charge in [-0.1, -0.05) is 29.8 Å². The summed E-state index contributed by atoms with van der Waals surface area (Å²) in [5.74, 6) is -0.0317. The molecule has 0 saturated heterocycles. The van der Waals surface area contributed by atoms with Crippen LogP contribution in [0.5, 0.6) is 0 Å². The van der Waals surface area contributed by atoms with Gasteiger partial charge in [-0.05, 0) is 18.6 Å². The first-order chi connectivity index (χ1) is 10.5. The molecule has 1 aromatic heterocycles. The Balaban J connectivity index is 2.18. The molecule has 2 aromatic rings. The molecule has 7 heteroatoms. The Morgan fingerprint density at radius 3 is 2.91 bits per heavy atom. The molecule has 1 unspecified atom stereocenters. The van der Waals surface area contributed by atoms with Crippen molar-refractivity contribution in [3.63, 3.8) is 0 Å². The summed E-state index contributed by atoms with van der Waals surface area (Å²) in [5.41, 5.74) is 1.24. The Kier molecular flexibility index (Phi) is 4.66. The zero-order valence-corrected chi connectivity index (χ0v) is 11.9. The highest BCUT2D eigenvalue weighted by Crippen LogP contribution is 2.26. The van der Waals surface area contributed by atoms with Crippen molar-refractivity contribution < 1.29 is 10.0 Å². The Hall–Kier alpha value is -2.98. The van der Waals surface area contributed by atoms with Crippen LogP contribution < -0.4 is 5.32 Å². The van der Waals surface area contributed by atoms with Gasteiger partial charge in [0.2, 0.25) is 5.82 Å². The van der Waals surface area contributed by atoms with Gasteiger partial charge >= 0.3 is 5.69 Å². The molecular weight excluding hydrogens is 284 g/mol. The predicted octanol–water partition coefficient (Wildman–Crippen LogP) is 2.32. The molecule has 0 radical (unpaired) electrons. The Labute approximate surface area is 127 Å². The molecule has 0 bridgehead atoms. The maximum Gasteiger partial charge on any atom is 0.328 e. The van der Waals surface area contributed by atoms with Gasteiger partial charge in [0.15, 0.2) is 0 Å². The van der Waals surface area contributed by atoms with Crippen LogP contribution in [0.1, 0.15) is 22.8 Å². The first kappa shape index (κ1) is 15.4. The summed E-state index contributed by atoms with van der Waals surface area (Å²) in [4.78, 5) is 14.3. The van der Waals surface area contributed by atoms with Crippen LogP contribution >= 0.6 is 0 Å². The van der Waals surface area contributed by atoms with E-state index in [2.05, 4.69) is 10.3 Å². The summed E-state index contributed by atoms with van der Waals surface area (Å²) < 4.78 is 0. The molecule has 112 valence electrons. The van der Waals surface area contributed by atoms with Crippen molar-refractivity contribution in [3.05, 3.63) is 63.3 Å². The topological polar surface area (TPSA) is 112 Å². The van der Waals surface area contributed by atoms with Gasteiger partial charge < -0.3 is 10.4 Å². The van der Waals surface area contributed by atoms with E-state index in [9.17, 15) is 15.2 Å². The SMILES string of the molecule is Cc1cccc(C(O)CNc2nccc(C#N)c2[N+](=O)[O-])c1. The highest BCUT2D eigenvalue weighted by molar-refractivity contribution is 5.64. The van der Waals surface area contributed by atoms with E-state index in [1.165, 1.54) is 12.3 Å². The number of aryl methyl sites for hydroxylation is 1. The molecule has 1 atom stereocenters. The van der Waals surface area contributed by atoms with Crippen molar-refractivity contribution in [1.29, 1.82) is 5.26 Å². The quantitative estimate of drug-likeness (QED) is 0.647. The van der Waals surface area contributed by atoms with Gasteiger partial charge in [-0.3, -0.25) is 10.1 Å². The second-order valence-corrected chi connectivity index (χ2v) is 4.74. The van der Waals surface area contributed by atoms with Crippen molar-refractivity contribution in [2.75, 3.05) is 11.9 Å². The number of nitrogens with zero attached hydrogens (tertiary/aromatic N) is 3. The van der Waals surface area contributed by atoms with Crippen LogP contribution in [0.25, 0.3) is 0 Å². The van der Waals surface area contributed by atoms with E-state index in [0.29, 0.717) is 5.56 Å². The monoisotopic (exact) mass is 298 g/mol. The zero-order chi connectivity index (χ0) is 16.1. The molecule has 0 amide bonds. The van der Waals surface area contributed by atoms with Gasteiger partial charge in [0.25, 0.3) is 0 Å². The van der Waals surface area contributed by atoms with Crippen LogP contribution in [-0.2, 0) is 0 Å². The van der Waals surface area contributed by atoms with Crippen molar-refractivity contribution >= 4 is 11.5 Å². The van der Waals surface area contributed by atoms with E-state index in [1.807, 2.05) is 25.1 Å². The summed E-state index contributed by atoms with van der Waals surface area (Å²) in [6.07, 6.45) is 0.472. The van der Waals surface area contributed by atoms with Crippen molar-refractivity contribution in [2.45, 2.75) is 13.0 Å². The number of pyridine rings is 1. The predicted molar refractivity (Wildman–Crippen MR) is 80.2 cm³/mol. The molecule has 1 heterocycles. The first-order valence-corrected chi connectivity index (χ1v) is 6.55. The van der Waals surface area contributed by atoms with Crippen LogP contribution in [0, 0.1) is 28.4 Å². The minimum Gasteiger partial charge on any atom is -0.387 e. The summed E-state index contributed by atoms with van der Waals surface area (Å²) in [6, 6.07) is 10.4. The minimum absolute atomic E-state index is 0.0317. The molecule has 2 N–H and O–H groups in total. The molecule has 7 nitrogen and oxygen atoms in total. The fraction of sp³-hybridized carbons (Fsp3) is 0.200. The van der Waals surface area contributed by atoms with Crippen molar-refractivity contribution in [1.82, 2.24) is 4.98 Å². The second kappa shape index (κ2) is 6.65. The highest BCUT2D eigenvalue weighted by Gasteiger charge is 2.21. The van der Waals surface area contributed by atoms with E-state index in [-0.39, 0.29) is 23.6 Å². The van der Waals surface area contributed by atoms with Gasteiger partial charge in [0.1, 0.15) is 11.6 Å². The molecule has 0 aliphatic carbocycles. The molecule has 1 aromatic carbocycles. The van der Waals surface area contributed by atoms with E-state index < -0.39 is 11.0 Å². The average molecular weight is 298 g/mol. The molecule has 0 saturated carbocycles. The van der Waals surface area contributed by atoms with Crippen LogP contribution in [0.3, 0.4) is 0 Å². The number of anilines is 1. The van der Waals surface area contributed by atoms with Gasteiger partial charge in [-0.15, -0.1) is 0 Å². The van der Waals surface area contributed by atoms with Gasteiger partial charge in [0.05, 0.1) is 11.0 Å². The normalized spacial score (nSPS) is 11.5. The van der Waals surface area contributed by atoms with Crippen LogP contribution in [0.2, 0.25) is 0 Å². The molecular formula is C15H14N4O3. The van der Waals surface area contributed by atoms with Crippen molar-refractivity contribution in [3.8, 4) is 6.07 Å². The lowest BCUT2D eigenvalue weighted by Crippen LogP contribution is -2.14. The number of aliphatic hydroxyl groups is 1. The third kappa shape index (κ3) is 3.37. The zero-order valence-electron chi connectivity index (χ0n) is 11.9. The highest BCUT2D eigenvalue weighted by atomic mass is 16.6. The maximum absolute atomic E-state index is 11.1. The number of aliphatic hydroxyl groups excluding tert-OH is 1. The van der Waals surface area contributed by atoms with Crippen LogP contribution in [0.15, 0.2) is 36.5 Å². The first-order valence-electron chi connectivity index (χ1n) is 6.55. The van der Waals surface area contributed by atoms with Gasteiger partial charge in [-0.2, -0.15) is 5.26 Å². The van der Waals surface area contributed by atoms with E-state index >= 15 is 0 Å². The number of nitriles is 1. The Morgan fingerprint density at radius 2 is 2.27 bits per heavy atom. The summed E-state index contributed by atoms with van der Waals surface area (Å²) in [6.45, 7) is 1.96. The average Bonchev–Trinajstić information content (AvgIpc) is 2.51. The molecule has 2 rings (SSSR count). The van der Waals surface area contributed by atoms with E-state index in [4.69, 9.17) is 5.26 Å². The lowest BCUT2D eigenvalue weighted by Gasteiger charge is -2.13. The molecule has 0 aliphatic rings. The second-order valence-electron chi connectivity index (χ2n) is 4.74. The molecule has 0 fully saturated rings. The standard InChI is InChI=1S/C15H14N4O3/c1-10-3-2-4-11(7-10)13(20)9-18-15-14(19(21)22)12(8-16)5-6-17-15/h2-7,13,20H,9H2,1H3,(H,17,18). The van der Waals surface area contributed by atoms with E-state index in [0.717, 1.165) is 5.56 Å². The number of nitrogens with one attached hydrogen (secondary N) is 1. The Bertz CT molecular complexity index is 740. The number of rotatable bonds is 5. The molecule has 22 heavy (non-hydrogen) atoms.